The molecule has 0 radical (unpaired) electrons. The van der Waals surface area contributed by atoms with Crippen LogP contribution in [0.2, 0.25) is 0 Å². The van der Waals surface area contributed by atoms with E-state index in [2.05, 4.69) is 4.84 Å². The lowest BCUT2D eigenvalue weighted by molar-refractivity contribution is -0.385. The summed E-state index contributed by atoms with van der Waals surface area (Å²) in [5, 5.41) is 10.3. The molecule has 0 unspecified atom stereocenters. The lowest BCUT2D eigenvalue weighted by Gasteiger charge is -2.01. The van der Waals surface area contributed by atoms with Crippen molar-refractivity contribution in [3.8, 4) is 0 Å². The molecular weight excluding hydrogens is 192 g/mol. The van der Waals surface area contributed by atoms with Gasteiger partial charge in [-0.25, -0.2) is 4.79 Å². The summed E-state index contributed by atoms with van der Waals surface area (Å²) in [4.78, 5) is 35.5. The highest BCUT2D eigenvalue weighted by molar-refractivity contribution is 5.66. The number of nitro groups is 1. The van der Waals surface area contributed by atoms with E-state index in [0.717, 1.165) is 25.3 Å². The number of carbonyl (C=O) groups excluding carboxylic acids is 1. The van der Waals surface area contributed by atoms with E-state index in [-0.39, 0.29) is 5.69 Å². The van der Waals surface area contributed by atoms with Crippen molar-refractivity contribution in [3.05, 3.63) is 38.8 Å². The zero-order valence-electron chi connectivity index (χ0n) is 7.17. The quantitative estimate of drug-likeness (QED) is 0.481. The van der Waals surface area contributed by atoms with Crippen LogP contribution in [-0.4, -0.2) is 15.6 Å². The topological polar surface area (TPSA) is 91.4 Å². The smallest absolute Gasteiger partial charge is 0.330 e. The van der Waals surface area contributed by atoms with E-state index in [4.69, 9.17) is 0 Å². The minimum absolute atomic E-state index is 0.328. The number of hydrogen-bond acceptors (Lipinski definition) is 5. The van der Waals surface area contributed by atoms with Crippen molar-refractivity contribution in [2.75, 3.05) is 0 Å². The first-order chi connectivity index (χ1) is 6.50. The average Bonchev–Trinajstić information content (AvgIpc) is 2.07. The molecule has 0 amide bonds. The Balaban J connectivity index is 3.15. The van der Waals surface area contributed by atoms with Gasteiger partial charge in [-0.3, -0.25) is 14.9 Å². The van der Waals surface area contributed by atoms with Crippen molar-refractivity contribution in [2.45, 2.75) is 6.92 Å². The van der Waals surface area contributed by atoms with E-state index in [1.54, 1.807) is 0 Å². The highest BCUT2D eigenvalue weighted by atomic mass is 16.7. The summed E-state index contributed by atoms with van der Waals surface area (Å²) >= 11 is 0. The summed E-state index contributed by atoms with van der Waals surface area (Å²) < 4.78 is 0.514. The fourth-order valence-electron chi connectivity index (χ4n) is 0.775. The monoisotopic (exact) mass is 198 g/mol. The van der Waals surface area contributed by atoms with Gasteiger partial charge in [-0.05, 0) is 0 Å². The van der Waals surface area contributed by atoms with Crippen LogP contribution in [0.4, 0.5) is 5.69 Å². The van der Waals surface area contributed by atoms with Gasteiger partial charge in [0.2, 0.25) is 0 Å². The third kappa shape index (κ3) is 2.16. The number of aromatic nitrogens is 1. The summed E-state index contributed by atoms with van der Waals surface area (Å²) in [6.45, 7) is 1.09. The summed E-state index contributed by atoms with van der Waals surface area (Å²) in [6, 6.07) is 1.98. The van der Waals surface area contributed by atoms with Crippen molar-refractivity contribution in [2.24, 2.45) is 0 Å². The molecule has 0 aliphatic rings. The molecule has 7 nitrogen and oxygen atoms in total. The number of nitrogens with zero attached hydrogens (tertiary/aromatic N) is 2. The first kappa shape index (κ1) is 9.90. The predicted octanol–water partition coefficient (Wildman–Crippen LogP) is -0.268. The minimum atomic E-state index is -0.729. The number of hydrogen-bond donors (Lipinski definition) is 0. The second-order valence-electron chi connectivity index (χ2n) is 2.39. The molecule has 0 saturated carbocycles. The van der Waals surface area contributed by atoms with E-state index in [9.17, 15) is 19.7 Å². The molecule has 1 aromatic heterocycles. The molecule has 14 heavy (non-hydrogen) atoms. The van der Waals surface area contributed by atoms with E-state index in [1.165, 1.54) is 0 Å². The second-order valence-corrected chi connectivity index (χ2v) is 2.39. The molecule has 0 saturated heterocycles. The molecule has 0 N–H and O–H groups in total. The van der Waals surface area contributed by atoms with Gasteiger partial charge in [0.15, 0.2) is 0 Å². The Hall–Kier alpha value is -2.18. The van der Waals surface area contributed by atoms with Crippen LogP contribution in [0, 0.1) is 10.1 Å². The molecule has 1 heterocycles. The van der Waals surface area contributed by atoms with Crippen molar-refractivity contribution >= 4 is 11.7 Å². The summed E-state index contributed by atoms with van der Waals surface area (Å²) in [6.07, 6.45) is 0.837. The molecular formula is C7H6N2O5. The van der Waals surface area contributed by atoms with Gasteiger partial charge >= 0.3 is 5.97 Å². The largest absolute Gasteiger partial charge is 0.334 e. The van der Waals surface area contributed by atoms with Crippen molar-refractivity contribution in [1.29, 1.82) is 0 Å². The van der Waals surface area contributed by atoms with Crippen LogP contribution in [0.25, 0.3) is 0 Å². The van der Waals surface area contributed by atoms with Crippen molar-refractivity contribution in [3.63, 3.8) is 0 Å². The van der Waals surface area contributed by atoms with Gasteiger partial charge in [-0.2, -0.15) is 0 Å². The van der Waals surface area contributed by atoms with E-state index in [1.807, 2.05) is 0 Å². The molecule has 0 atom stereocenters. The Kier molecular flexibility index (Phi) is 2.61. The third-order valence-electron chi connectivity index (χ3n) is 1.30. The molecule has 7 heteroatoms. The lowest BCUT2D eigenvalue weighted by atomic mass is 10.4. The van der Waals surface area contributed by atoms with Crippen LogP contribution in [0.5, 0.6) is 0 Å². The van der Waals surface area contributed by atoms with Crippen LogP contribution >= 0.6 is 0 Å². The average molecular weight is 198 g/mol. The van der Waals surface area contributed by atoms with Crippen LogP contribution in [0.1, 0.15) is 6.92 Å². The normalized spacial score (nSPS) is 9.50. The zero-order valence-corrected chi connectivity index (χ0v) is 7.17. The van der Waals surface area contributed by atoms with Crippen molar-refractivity contribution < 1.29 is 14.6 Å². The number of pyridine rings is 1. The van der Waals surface area contributed by atoms with Gasteiger partial charge in [0, 0.05) is 19.1 Å². The summed E-state index contributed by atoms with van der Waals surface area (Å²) in [5.74, 6) is -0.729. The van der Waals surface area contributed by atoms with E-state index in [0.29, 0.717) is 4.73 Å². The Morgan fingerprint density at radius 2 is 2.21 bits per heavy atom. The summed E-state index contributed by atoms with van der Waals surface area (Å²) in [5.41, 5.74) is -0.975. The molecule has 0 fully saturated rings. The lowest BCUT2D eigenvalue weighted by Crippen LogP contribution is -2.28. The van der Waals surface area contributed by atoms with E-state index < -0.39 is 16.5 Å². The van der Waals surface area contributed by atoms with Gasteiger partial charge in [0.25, 0.3) is 11.2 Å². The molecule has 0 aliphatic heterocycles. The maximum Gasteiger partial charge on any atom is 0.330 e. The predicted molar refractivity (Wildman–Crippen MR) is 44.6 cm³/mol. The van der Waals surface area contributed by atoms with Gasteiger partial charge < -0.3 is 4.84 Å². The molecule has 1 rings (SSSR count). The van der Waals surface area contributed by atoms with E-state index >= 15 is 0 Å². The highest BCUT2D eigenvalue weighted by Gasteiger charge is 2.09. The third-order valence-corrected chi connectivity index (χ3v) is 1.30. The molecule has 74 valence electrons. The van der Waals surface area contributed by atoms with Gasteiger partial charge in [0.1, 0.15) is 6.20 Å². The van der Waals surface area contributed by atoms with Crippen molar-refractivity contribution in [1.82, 2.24) is 4.73 Å². The fraction of sp³-hybridized carbons (Fsp3) is 0.143. The Labute approximate surface area is 77.6 Å². The maximum atomic E-state index is 11.0. The summed E-state index contributed by atoms with van der Waals surface area (Å²) in [7, 11) is 0. The molecule has 0 aromatic carbocycles. The van der Waals surface area contributed by atoms with Crippen LogP contribution < -0.4 is 10.4 Å². The minimum Gasteiger partial charge on any atom is -0.334 e. The Morgan fingerprint density at radius 3 is 2.71 bits per heavy atom. The second kappa shape index (κ2) is 3.69. The SMILES string of the molecule is CC(=O)On1cc([N+](=O)[O-])ccc1=O. The first-order valence-electron chi connectivity index (χ1n) is 3.56. The van der Waals surface area contributed by atoms with Crippen LogP contribution in [-0.2, 0) is 4.79 Å². The van der Waals surface area contributed by atoms with Gasteiger partial charge in [-0.1, -0.05) is 0 Å². The first-order valence-corrected chi connectivity index (χ1v) is 3.56. The molecule has 0 spiro atoms. The maximum absolute atomic E-state index is 11.0. The zero-order chi connectivity index (χ0) is 10.7. The van der Waals surface area contributed by atoms with Crippen LogP contribution in [0.3, 0.4) is 0 Å². The van der Waals surface area contributed by atoms with Gasteiger partial charge in [0.05, 0.1) is 4.92 Å². The number of carbonyl (C=O) groups is 1. The van der Waals surface area contributed by atoms with Crippen LogP contribution in [0.15, 0.2) is 23.1 Å². The molecule has 1 aromatic rings. The Bertz CT molecular complexity index is 436. The van der Waals surface area contributed by atoms with Gasteiger partial charge in [-0.15, -0.1) is 4.73 Å². The standard InChI is InChI=1S/C7H6N2O5/c1-5(10)14-8-4-6(9(12)13)2-3-7(8)11/h2-4H,1H3. The molecule has 0 bridgehead atoms. The Morgan fingerprint density at radius 1 is 1.57 bits per heavy atom. The molecule has 0 aliphatic carbocycles. The number of rotatable bonds is 2. The fourth-order valence-corrected chi connectivity index (χ4v) is 0.775. The highest BCUT2D eigenvalue weighted by Crippen LogP contribution is 2.05.